The zero-order valence-corrected chi connectivity index (χ0v) is 16.5. The van der Waals surface area contributed by atoms with E-state index < -0.39 is 12.1 Å². The van der Waals surface area contributed by atoms with Gasteiger partial charge in [0, 0.05) is 26.1 Å². The fraction of sp³-hybridized carbons (Fsp3) is 0.391. The number of carbonyl (C=O) groups excluding carboxylic acids is 2. The SMILES string of the molecule is O=C(N[C@@H](Cc1ccccc1)C(=O)N1CCC[C@@H](CO)C1)OCc1ccccc1. The molecular formula is C23H28N2O4. The first-order chi connectivity index (χ1) is 14.2. The van der Waals surface area contributed by atoms with Crippen molar-refractivity contribution in [1.29, 1.82) is 0 Å². The van der Waals surface area contributed by atoms with E-state index in [2.05, 4.69) is 5.32 Å². The number of ether oxygens (including phenoxy) is 1. The quantitative estimate of drug-likeness (QED) is 0.754. The molecule has 6 heteroatoms. The van der Waals surface area contributed by atoms with Gasteiger partial charge in [0.05, 0.1) is 0 Å². The van der Waals surface area contributed by atoms with E-state index >= 15 is 0 Å². The summed E-state index contributed by atoms with van der Waals surface area (Å²) < 4.78 is 5.32. The molecule has 0 aliphatic carbocycles. The van der Waals surface area contributed by atoms with Crippen molar-refractivity contribution in [3.05, 3.63) is 71.8 Å². The lowest BCUT2D eigenvalue weighted by Gasteiger charge is -2.34. The molecule has 1 aliphatic rings. The fourth-order valence-electron chi connectivity index (χ4n) is 3.59. The molecular weight excluding hydrogens is 368 g/mol. The minimum absolute atomic E-state index is 0.0691. The summed E-state index contributed by atoms with van der Waals surface area (Å²) in [7, 11) is 0. The van der Waals surface area contributed by atoms with Crippen molar-refractivity contribution in [2.75, 3.05) is 19.7 Å². The Hall–Kier alpha value is -2.86. The Morgan fingerprint density at radius 2 is 1.72 bits per heavy atom. The molecule has 6 nitrogen and oxygen atoms in total. The number of aliphatic hydroxyl groups excluding tert-OH is 1. The maximum absolute atomic E-state index is 13.1. The van der Waals surface area contributed by atoms with Crippen molar-refractivity contribution in [2.24, 2.45) is 5.92 Å². The summed E-state index contributed by atoms with van der Waals surface area (Å²) in [6.45, 7) is 1.37. The van der Waals surface area contributed by atoms with Crippen LogP contribution in [0.15, 0.2) is 60.7 Å². The van der Waals surface area contributed by atoms with Crippen LogP contribution < -0.4 is 5.32 Å². The van der Waals surface area contributed by atoms with E-state index in [9.17, 15) is 14.7 Å². The Morgan fingerprint density at radius 3 is 2.38 bits per heavy atom. The molecule has 0 aromatic heterocycles. The molecule has 1 aliphatic heterocycles. The second kappa shape index (κ2) is 10.6. The van der Waals surface area contributed by atoms with Crippen LogP contribution in [0, 0.1) is 5.92 Å². The predicted octanol–water partition coefficient (Wildman–Crippen LogP) is 2.76. The van der Waals surface area contributed by atoms with Crippen molar-refractivity contribution >= 4 is 12.0 Å². The molecule has 1 fully saturated rings. The van der Waals surface area contributed by atoms with Gasteiger partial charge in [-0.2, -0.15) is 0 Å². The lowest BCUT2D eigenvalue weighted by Crippen LogP contribution is -2.52. The zero-order valence-electron chi connectivity index (χ0n) is 16.5. The first kappa shape index (κ1) is 20.9. The Bertz CT molecular complexity index is 782. The van der Waals surface area contributed by atoms with Gasteiger partial charge < -0.3 is 20.1 Å². The number of rotatable bonds is 7. The molecule has 1 heterocycles. The maximum atomic E-state index is 13.1. The first-order valence-electron chi connectivity index (χ1n) is 10.1. The highest BCUT2D eigenvalue weighted by molar-refractivity contribution is 5.86. The number of benzene rings is 2. The van der Waals surface area contributed by atoms with Gasteiger partial charge in [0.25, 0.3) is 0 Å². The summed E-state index contributed by atoms with van der Waals surface area (Å²) in [6.07, 6.45) is 1.54. The highest BCUT2D eigenvalue weighted by Crippen LogP contribution is 2.17. The number of piperidine rings is 1. The van der Waals surface area contributed by atoms with Crippen molar-refractivity contribution < 1.29 is 19.4 Å². The van der Waals surface area contributed by atoms with E-state index in [1.165, 1.54) is 0 Å². The number of nitrogens with one attached hydrogen (secondary N) is 1. The van der Waals surface area contributed by atoms with E-state index in [0.717, 1.165) is 24.0 Å². The van der Waals surface area contributed by atoms with Crippen LogP contribution in [-0.4, -0.2) is 47.7 Å². The third-order valence-electron chi connectivity index (χ3n) is 5.17. The molecule has 2 aromatic rings. The smallest absolute Gasteiger partial charge is 0.408 e. The Balaban J connectivity index is 1.65. The van der Waals surface area contributed by atoms with Crippen LogP contribution in [0.5, 0.6) is 0 Å². The van der Waals surface area contributed by atoms with Crippen LogP contribution in [-0.2, 0) is 22.6 Å². The molecule has 2 atom stereocenters. The average molecular weight is 396 g/mol. The monoisotopic (exact) mass is 396 g/mol. The van der Waals surface area contributed by atoms with Crippen LogP contribution in [0.2, 0.25) is 0 Å². The topological polar surface area (TPSA) is 78.9 Å². The number of aliphatic hydroxyl groups is 1. The van der Waals surface area contributed by atoms with Gasteiger partial charge in [-0.15, -0.1) is 0 Å². The van der Waals surface area contributed by atoms with Gasteiger partial charge in [0.1, 0.15) is 12.6 Å². The van der Waals surface area contributed by atoms with E-state index in [-0.39, 0.29) is 25.0 Å². The molecule has 0 bridgehead atoms. The highest BCUT2D eigenvalue weighted by Gasteiger charge is 2.30. The van der Waals surface area contributed by atoms with E-state index in [0.29, 0.717) is 19.5 Å². The van der Waals surface area contributed by atoms with E-state index in [1.807, 2.05) is 60.7 Å². The standard InChI is InChI=1S/C23H28N2O4/c26-16-20-12-7-13-25(15-20)22(27)21(14-18-8-3-1-4-9-18)24-23(28)29-17-19-10-5-2-6-11-19/h1-6,8-11,20-21,26H,7,12-17H2,(H,24,28)/t20-,21+/m1/s1. The van der Waals surface area contributed by atoms with Gasteiger partial charge in [-0.1, -0.05) is 60.7 Å². The number of nitrogens with zero attached hydrogens (tertiary/aromatic N) is 1. The summed E-state index contributed by atoms with van der Waals surface area (Å²) >= 11 is 0. The minimum atomic E-state index is -0.710. The van der Waals surface area contributed by atoms with Gasteiger partial charge in [-0.3, -0.25) is 4.79 Å². The molecule has 3 rings (SSSR count). The minimum Gasteiger partial charge on any atom is -0.445 e. The normalized spacial score (nSPS) is 17.4. The lowest BCUT2D eigenvalue weighted by molar-refractivity contribution is -0.135. The molecule has 1 saturated heterocycles. The van der Waals surface area contributed by atoms with Crippen molar-refractivity contribution in [2.45, 2.75) is 31.9 Å². The van der Waals surface area contributed by atoms with Crippen LogP contribution in [0.1, 0.15) is 24.0 Å². The molecule has 0 radical (unpaired) electrons. The lowest BCUT2D eigenvalue weighted by atomic mass is 9.97. The third-order valence-corrected chi connectivity index (χ3v) is 5.17. The van der Waals surface area contributed by atoms with Crippen LogP contribution in [0.25, 0.3) is 0 Å². The first-order valence-corrected chi connectivity index (χ1v) is 10.1. The number of hydrogen-bond donors (Lipinski definition) is 2. The van der Waals surface area contributed by atoms with Crippen LogP contribution in [0.4, 0.5) is 4.79 Å². The number of amides is 2. The molecule has 0 saturated carbocycles. The Labute approximate surface area is 171 Å². The number of hydrogen-bond acceptors (Lipinski definition) is 4. The van der Waals surface area contributed by atoms with Crippen LogP contribution >= 0.6 is 0 Å². The van der Waals surface area contributed by atoms with Gasteiger partial charge >= 0.3 is 6.09 Å². The molecule has 2 amide bonds. The van der Waals surface area contributed by atoms with Gasteiger partial charge in [0.2, 0.25) is 5.91 Å². The van der Waals surface area contributed by atoms with Crippen LogP contribution in [0.3, 0.4) is 0 Å². The summed E-state index contributed by atoms with van der Waals surface area (Å²) in [4.78, 5) is 27.3. The zero-order chi connectivity index (χ0) is 20.5. The molecule has 0 spiro atoms. The molecule has 154 valence electrons. The van der Waals surface area contributed by atoms with Crippen molar-refractivity contribution in [3.63, 3.8) is 0 Å². The van der Waals surface area contributed by atoms with E-state index in [4.69, 9.17) is 4.74 Å². The molecule has 2 aromatic carbocycles. The van der Waals surface area contributed by atoms with Gasteiger partial charge in [-0.05, 0) is 29.9 Å². The van der Waals surface area contributed by atoms with Gasteiger partial charge in [0.15, 0.2) is 0 Å². The predicted molar refractivity (Wildman–Crippen MR) is 110 cm³/mol. The van der Waals surface area contributed by atoms with Crippen molar-refractivity contribution in [1.82, 2.24) is 10.2 Å². The Morgan fingerprint density at radius 1 is 1.07 bits per heavy atom. The highest BCUT2D eigenvalue weighted by atomic mass is 16.5. The number of likely N-dealkylation sites (tertiary alicyclic amines) is 1. The Kier molecular flexibility index (Phi) is 7.64. The van der Waals surface area contributed by atoms with Gasteiger partial charge in [-0.25, -0.2) is 4.79 Å². The summed E-state index contributed by atoms with van der Waals surface area (Å²) in [6, 6.07) is 18.3. The second-order valence-electron chi connectivity index (χ2n) is 7.42. The number of carbonyl (C=O) groups is 2. The molecule has 2 N–H and O–H groups in total. The third kappa shape index (κ3) is 6.32. The maximum Gasteiger partial charge on any atom is 0.408 e. The van der Waals surface area contributed by atoms with Crippen molar-refractivity contribution in [3.8, 4) is 0 Å². The number of alkyl carbamates (subject to hydrolysis) is 1. The van der Waals surface area contributed by atoms with E-state index in [1.54, 1.807) is 4.90 Å². The average Bonchev–Trinajstić information content (AvgIpc) is 2.78. The second-order valence-corrected chi connectivity index (χ2v) is 7.42. The summed E-state index contributed by atoms with van der Waals surface area (Å²) in [5, 5.41) is 12.2. The summed E-state index contributed by atoms with van der Waals surface area (Å²) in [5.41, 5.74) is 1.85. The fourth-order valence-corrected chi connectivity index (χ4v) is 3.59. The summed E-state index contributed by atoms with van der Waals surface area (Å²) in [5.74, 6) is -0.0428. The largest absolute Gasteiger partial charge is 0.445 e. The molecule has 29 heavy (non-hydrogen) atoms. The molecule has 0 unspecified atom stereocenters.